The van der Waals surface area contributed by atoms with E-state index in [2.05, 4.69) is 15.4 Å². The van der Waals surface area contributed by atoms with Crippen molar-refractivity contribution in [1.29, 1.82) is 0 Å². The Balaban J connectivity index is 2.78. The van der Waals surface area contributed by atoms with Crippen LogP contribution in [-0.2, 0) is 25.6 Å². The van der Waals surface area contributed by atoms with E-state index >= 15 is 0 Å². The Kier molecular flexibility index (Phi) is 10.8. The largest absolute Gasteiger partial charge is 0.468 e. The van der Waals surface area contributed by atoms with Gasteiger partial charge in [-0.25, -0.2) is 9.59 Å². The summed E-state index contributed by atoms with van der Waals surface area (Å²) in [6, 6.07) is 8.61. The van der Waals surface area contributed by atoms with Crippen LogP contribution in [0.25, 0.3) is 0 Å². The number of nitrogens with one attached hydrogen (secondary N) is 2. The van der Waals surface area contributed by atoms with Crippen LogP contribution in [0.1, 0.15) is 40.2 Å². The third-order valence-electron chi connectivity index (χ3n) is 4.09. The predicted octanol–water partition coefficient (Wildman–Crippen LogP) is 2.69. The van der Waals surface area contributed by atoms with Crippen molar-refractivity contribution in [2.75, 3.05) is 26.7 Å². The van der Waals surface area contributed by atoms with Gasteiger partial charge < -0.3 is 29.7 Å². The van der Waals surface area contributed by atoms with Crippen molar-refractivity contribution in [2.24, 2.45) is 0 Å². The smallest absolute Gasteiger partial charge is 0.410 e. The van der Waals surface area contributed by atoms with Crippen LogP contribution in [0, 0.1) is 0 Å². The van der Waals surface area contributed by atoms with Gasteiger partial charge in [0.2, 0.25) is 0 Å². The molecular formula is C22H35N3O6. The molecule has 2 N–H and O–H groups in total. The summed E-state index contributed by atoms with van der Waals surface area (Å²) in [4.78, 5) is 37.9. The molecule has 0 saturated carbocycles. The van der Waals surface area contributed by atoms with Gasteiger partial charge in [-0.1, -0.05) is 30.3 Å². The molecule has 9 nitrogen and oxygen atoms in total. The molecule has 0 aliphatic heterocycles. The van der Waals surface area contributed by atoms with Crippen LogP contribution in [0.4, 0.5) is 9.59 Å². The maximum atomic E-state index is 12.6. The van der Waals surface area contributed by atoms with Gasteiger partial charge in [0.25, 0.3) is 0 Å². The Bertz CT molecular complexity index is 703. The van der Waals surface area contributed by atoms with Crippen molar-refractivity contribution in [2.45, 2.75) is 58.9 Å². The van der Waals surface area contributed by atoms with Gasteiger partial charge in [-0.2, -0.15) is 0 Å². The number of hydrogen-bond donors (Lipinski definition) is 2. The first-order valence-corrected chi connectivity index (χ1v) is 10.3. The fourth-order valence-electron chi connectivity index (χ4n) is 2.57. The van der Waals surface area contributed by atoms with Gasteiger partial charge in [0.1, 0.15) is 12.2 Å². The monoisotopic (exact) mass is 437 g/mol. The summed E-state index contributed by atoms with van der Waals surface area (Å²) in [5, 5.41) is 5.68. The number of carbonyl (C=O) groups is 3. The molecule has 1 aromatic carbocycles. The van der Waals surface area contributed by atoms with E-state index in [1.165, 1.54) is 12.0 Å². The highest BCUT2D eigenvalue weighted by molar-refractivity contribution is 5.71. The minimum atomic E-state index is -0.648. The number of hydrogen-bond acceptors (Lipinski definition) is 7. The normalized spacial score (nSPS) is 12.1. The van der Waals surface area contributed by atoms with Gasteiger partial charge in [0.15, 0.2) is 0 Å². The first kappa shape index (κ1) is 26.2. The van der Waals surface area contributed by atoms with E-state index in [0.29, 0.717) is 0 Å². The lowest BCUT2D eigenvalue weighted by Gasteiger charge is -2.33. The van der Waals surface area contributed by atoms with Gasteiger partial charge in [-0.3, -0.25) is 4.79 Å². The molecule has 9 heteroatoms. The fourth-order valence-corrected chi connectivity index (χ4v) is 2.57. The van der Waals surface area contributed by atoms with E-state index in [0.717, 1.165) is 5.56 Å². The number of rotatable bonds is 10. The molecule has 0 fully saturated rings. The number of esters is 1. The Morgan fingerprint density at radius 3 is 2.29 bits per heavy atom. The molecule has 31 heavy (non-hydrogen) atoms. The van der Waals surface area contributed by atoms with Crippen molar-refractivity contribution >= 4 is 18.2 Å². The third kappa shape index (κ3) is 11.2. The van der Waals surface area contributed by atoms with Gasteiger partial charge in [-0.15, -0.1) is 0 Å². The minimum Gasteiger partial charge on any atom is -0.468 e. The van der Waals surface area contributed by atoms with Crippen LogP contribution in [0.3, 0.4) is 0 Å². The lowest BCUT2D eigenvalue weighted by Crippen LogP contribution is -2.53. The van der Waals surface area contributed by atoms with Crippen LogP contribution in [0.2, 0.25) is 0 Å². The zero-order chi connectivity index (χ0) is 23.4. The van der Waals surface area contributed by atoms with E-state index in [9.17, 15) is 14.4 Å². The highest BCUT2D eigenvalue weighted by Crippen LogP contribution is 2.12. The molecular weight excluding hydrogens is 402 g/mol. The Labute approximate surface area is 184 Å². The van der Waals surface area contributed by atoms with Gasteiger partial charge in [0.05, 0.1) is 19.7 Å². The summed E-state index contributed by atoms with van der Waals surface area (Å²) in [5.41, 5.74) is 0.209. The number of nitrogens with zero attached hydrogens (tertiary/aromatic N) is 1. The molecule has 0 aromatic heterocycles. The van der Waals surface area contributed by atoms with Crippen molar-refractivity contribution in [3.8, 4) is 0 Å². The fraction of sp³-hybridized carbons (Fsp3) is 0.591. The van der Waals surface area contributed by atoms with Gasteiger partial charge >= 0.3 is 18.2 Å². The molecule has 0 saturated heterocycles. The standard InChI is InChI=1S/C22H35N3O6/c1-16(2)25(21(28)31-22(3,4)5)14-18(12-23-13-19(26)29-6)24-20(27)30-15-17-10-8-7-9-11-17/h7-11,16,18,23H,12-15H2,1-6H3,(H,24,27)/t18-/m0/s1. The van der Waals surface area contributed by atoms with Crippen LogP contribution in [0.5, 0.6) is 0 Å². The average Bonchev–Trinajstić information content (AvgIpc) is 2.69. The molecule has 1 aromatic rings. The number of alkyl carbamates (subject to hydrolysis) is 1. The summed E-state index contributed by atoms with van der Waals surface area (Å²) in [7, 11) is 1.30. The first-order chi connectivity index (χ1) is 14.5. The molecule has 1 rings (SSSR count). The van der Waals surface area contributed by atoms with E-state index in [1.54, 1.807) is 20.8 Å². The molecule has 0 aliphatic carbocycles. The molecule has 0 bridgehead atoms. The maximum Gasteiger partial charge on any atom is 0.410 e. The van der Waals surface area contributed by atoms with Gasteiger partial charge in [0, 0.05) is 19.1 Å². The van der Waals surface area contributed by atoms with E-state index in [1.807, 2.05) is 44.2 Å². The number of ether oxygens (including phenoxy) is 3. The summed E-state index contributed by atoms with van der Waals surface area (Å²) >= 11 is 0. The average molecular weight is 438 g/mol. The maximum absolute atomic E-state index is 12.6. The molecule has 0 radical (unpaired) electrons. The summed E-state index contributed by atoms with van der Waals surface area (Å²) < 4.78 is 15.4. The molecule has 0 unspecified atom stereocenters. The van der Waals surface area contributed by atoms with Crippen LogP contribution >= 0.6 is 0 Å². The lowest BCUT2D eigenvalue weighted by molar-refractivity contribution is -0.139. The minimum absolute atomic E-state index is 0.0259. The number of benzene rings is 1. The summed E-state index contributed by atoms with van der Waals surface area (Å²) in [6.07, 6.45) is -1.11. The van der Waals surface area contributed by atoms with Crippen molar-refractivity contribution < 1.29 is 28.6 Å². The highest BCUT2D eigenvalue weighted by Gasteiger charge is 2.27. The van der Waals surface area contributed by atoms with E-state index < -0.39 is 29.8 Å². The summed E-state index contributed by atoms with van der Waals surface area (Å²) in [5.74, 6) is -0.432. The lowest BCUT2D eigenvalue weighted by atomic mass is 10.2. The second kappa shape index (κ2) is 12.8. The zero-order valence-corrected chi connectivity index (χ0v) is 19.3. The first-order valence-electron chi connectivity index (χ1n) is 10.3. The number of amides is 2. The Morgan fingerprint density at radius 2 is 1.74 bits per heavy atom. The van der Waals surface area contributed by atoms with Crippen LogP contribution in [0.15, 0.2) is 30.3 Å². The molecule has 0 heterocycles. The SMILES string of the molecule is COC(=O)CNC[C@@H](CN(C(=O)OC(C)(C)C)C(C)C)NC(=O)OCc1ccccc1. The highest BCUT2D eigenvalue weighted by atomic mass is 16.6. The quantitative estimate of drug-likeness (QED) is 0.428. The van der Waals surface area contributed by atoms with Crippen molar-refractivity contribution in [1.82, 2.24) is 15.5 Å². The molecule has 1 atom stereocenters. The number of carbonyl (C=O) groups excluding carboxylic acids is 3. The van der Waals surface area contributed by atoms with Gasteiger partial charge in [-0.05, 0) is 40.2 Å². The van der Waals surface area contributed by atoms with Crippen molar-refractivity contribution in [3.05, 3.63) is 35.9 Å². The second-order valence-electron chi connectivity index (χ2n) is 8.34. The van der Waals surface area contributed by atoms with Crippen LogP contribution in [-0.4, -0.2) is 67.5 Å². The Morgan fingerprint density at radius 1 is 1.10 bits per heavy atom. The van der Waals surface area contributed by atoms with Crippen LogP contribution < -0.4 is 10.6 Å². The topological polar surface area (TPSA) is 106 Å². The molecule has 174 valence electrons. The molecule has 0 spiro atoms. The zero-order valence-electron chi connectivity index (χ0n) is 19.3. The summed E-state index contributed by atoms with van der Waals surface area (Å²) in [6.45, 7) is 9.57. The Hall–Kier alpha value is -2.81. The molecule has 0 aliphatic rings. The van der Waals surface area contributed by atoms with E-state index in [-0.39, 0.29) is 32.3 Å². The predicted molar refractivity (Wildman–Crippen MR) is 117 cm³/mol. The molecule has 2 amide bonds. The third-order valence-corrected chi connectivity index (χ3v) is 4.09. The second-order valence-corrected chi connectivity index (χ2v) is 8.34. The van der Waals surface area contributed by atoms with Crippen molar-refractivity contribution in [3.63, 3.8) is 0 Å². The van der Waals surface area contributed by atoms with E-state index in [4.69, 9.17) is 9.47 Å². The number of methoxy groups -OCH3 is 1.